The van der Waals surface area contributed by atoms with Crippen molar-refractivity contribution in [3.05, 3.63) is 47.3 Å². The lowest BCUT2D eigenvalue weighted by Gasteiger charge is -2.62. The van der Waals surface area contributed by atoms with Gasteiger partial charge >= 0.3 is 0 Å². The Morgan fingerprint density at radius 2 is 2.32 bits per heavy atom. The van der Waals surface area contributed by atoms with Crippen molar-refractivity contribution >= 4 is 11.5 Å². The number of ketones is 1. The first-order chi connectivity index (χ1) is 12.1. The molecule has 0 aromatic heterocycles. The zero-order chi connectivity index (χ0) is 17.4. The molecule has 5 rings (SSSR count). The Hall–Kier alpha value is -2.16. The number of carbonyl (C=O) groups excluding carboxylic acids is 1. The molecule has 2 heterocycles. The van der Waals surface area contributed by atoms with Crippen LogP contribution in [0.1, 0.15) is 30.4 Å². The molecule has 128 valence electrons. The minimum Gasteiger partial charge on any atom is -0.492 e. The molecule has 0 radical (unpaired) electrons. The minimum atomic E-state index is -0.994. The van der Waals surface area contributed by atoms with Crippen LogP contribution >= 0.6 is 0 Å². The third kappa shape index (κ3) is 1.53. The molecule has 2 aliphatic heterocycles. The number of likely N-dealkylation sites (tertiary alicyclic amines) is 1. The summed E-state index contributed by atoms with van der Waals surface area (Å²) in [5.41, 5.74) is 0.809. The first kappa shape index (κ1) is 15.1. The van der Waals surface area contributed by atoms with Crippen molar-refractivity contribution in [3.8, 4) is 5.75 Å². The average molecular weight is 336 g/mol. The molecule has 5 heteroatoms. The predicted molar refractivity (Wildman–Crippen MR) is 91.9 cm³/mol. The monoisotopic (exact) mass is 336 g/mol. The number of piperidine rings is 1. The smallest absolute Gasteiger partial charge is 0.228 e. The van der Waals surface area contributed by atoms with Gasteiger partial charge in [-0.2, -0.15) is 0 Å². The van der Waals surface area contributed by atoms with Gasteiger partial charge in [0.15, 0.2) is 11.9 Å². The lowest BCUT2D eigenvalue weighted by molar-refractivity contribution is -0.187. The van der Waals surface area contributed by atoms with Crippen LogP contribution in [0.25, 0.3) is 4.85 Å². The lowest BCUT2D eigenvalue weighted by Crippen LogP contribution is -2.76. The topological polar surface area (TPSA) is 54.1 Å². The van der Waals surface area contributed by atoms with Crippen LogP contribution in [0, 0.1) is 6.57 Å². The van der Waals surface area contributed by atoms with Crippen molar-refractivity contribution in [2.24, 2.45) is 0 Å². The molecular formula is C20H20N2O3. The summed E-state index contributed by atoms with van der Waals surface area (Å²) in [6.07, 6.45) is 3.41. The molecule has 25 heavy (non-hydrogen) atoms. The third-order valence-corrected chi connectivity index (χ3v) is 6.85. The Morgan fingerprint density at radius 3 is 3.08 bits per heavy atom. The van der Waals surface area contributed by atoms with E-state index >= 15 is 0 Å². The number of benzene rings is 1. The molecule has 4 atom stereocenters. The number of hydrogen-bond donors (Lipinski definition) is 1. The van der Waals surface area contributed by atoms with E-state index in [1.807, 2.05) is 12.1 Å². The van der Waals surface area contributed by atoms with Gasteiger partial charge in [-0.05, 0) is 30.4 Å². The van der Waals surface area contributed by atoms with Crippen LogP contribution < -0.4 is 4.74 Å². The number of ether oxygens (including phenoxy) is 1. The van der Waals surface area contributed by atoms with Crippen LogP contribution in [0.5, 0.6) is 5.75 Å². The second-order valence-electron chi connectivity index (χ2n) is 7.67. The summed E-state index contributed by atoms with van der Waals surface area (Å²) < 4.78 is 6.11. The van der Waals surface area contributed by atoms with Gasteiger partial charge < -0.3 is 9.84 Å². The highest BCUT2D eigenvalue weighted by molar-refractivity contribution is 5.90. The van der Waals surface area contributed by atoms with E-state index in [0.29, 0.717) is 30.7 Å². The van der Waals surface area contributed by atoms with Crippen LogP contribution in [0.3, 0.4) is 0 Å². The molecule has 1 saturated carbocycles. The maximum atomic E-state index is 12.7. The van der Waals surface area contributed by atoms with E-state index in [4.69, 9.17) is 11.3 Å². The van der Waals surface area contributed by atoms with E-state index in [2.05, 4.69) is 16.3 Å². The molecule has 2 fully saturated rings. The first-order valence-electron chi connectivity index (χ1n) is 8.87. The van der Waals surface area contributed by atoms with Gasteiger partial charge in [-0.15, -0.1) is 6.58 Å². The second-order valence-corrected chi connectivity index (χ2v) is 7.67. The molecule has 1 spiro atoms. The third-order valence-electron chi connectivity index (χ3n) is 6.85. The number of Topliss-reactive ketones (excluding diaryl/α,β-unsaturated/α-hetero) is 1. The predicted octanol–water partition coefficient (Wildman–Crippen LogP) is 2.15. The molecule has 1 saturated heterocycles. The van der Waals surface area contributed by atoms with Gasteiger partial charge in [0.05, 0.1) is 17.6 Å². The molecule has 1 aromatic carbocycles. The average Bonchev–Trinajstić information content (AvgIpc) is 2.96. The number of nitrogens with zero attached hydrogens (tertiary/aromatic N) is 2. The Morgan fingerprint density at radius 1 is 1.48 bits per heavy atom. The fourth-order valence-corrected chi connectivity index (χ4v) is 5.89. The van der Waals surface area contributed by atoms with Crippen molar-refractivity contribution in [1.29, 1.82) is 0 Å². The number of rotatable bonds is 2. The minimum absolute atomic E-state index is 0.0457. The number of aliphatic hydroxyl groups is 1. The van der Waals surface area contributed by atoms with Crippen molar-refractivity contribution in [1.82, 2.24) is 4.90 Å². The van der Waals surface area contributed by atoms with Crippen LogP contribution in [-0.4, -0.2) is 46.6 Å². The summed E-state index contributed by atoms with van der Waals surface area (Å²) in [5, 5.41) is 11.9. The van der Waals surface area contributed by atoms with Gasteiger partial charge in [-0.3, -0.25) is 9.69 Å². The fourth-order valence-electron chi connectivity index (χ4n) is 5.89. The van der Waals surface area contributed by atoms with E-state index in [1.165, 1.54) is 0 Å². The molecule has 2 aliphatic carbocycles. The van der Waals surface area contributed by atoms with E-state index in [9.17, 15) is 9.90 Å². The first-order valence-corrected chi connectivity index (χ1v) is 8.87. The van der Waals surface area contributed by atoms with Crippen LogP contribution in [0.15, 0.2) is 24.8 Å². The largest absolute Gasteiger partial charge is 0.492 e. The Balaban J connectivity index is 1.81. The van der Waals surface area contributed by atoms with Crippen molar-refractivity contribution in [2.75, 3.05) is 13.1 Å². The highest BCUT2D eigenvalue weighted by Gasteiger charge is 2.72. The standard InChI is InChI=1S/C20H20N2O3/c1-3-9-22-10-8-19-16-12-4-5-13(21-2)17(16)25-18(19)14(23)6-7-20(19,24)15(22)11-12/h3-5,15,18,24H,1,6-11H2/t15-,18?,19+,20?/m1/s1. The fraction of sp³-hybridized carbons (Fsp3) is 0.500. The van der Waals surface area contributed by atoms with E-state index in [1.54, 1.807) is 6.07 Å². The summed E-state index contributed by atoms with van der Waals surface area (Å²) in [4.78, 5) is 18.6. The summed E-state index contributed by atoms with van der Waals surface area (Å²) in [6, 6.07) is 3.73. The molecule has 0 amide bonds. The van der Waals surface area contributed by atoms with Crippen molar-refractivity contribution in [2.45, 2.75) is 48.8 Å². The van der Waals surface area contributed by atoms with Gasteiger partial charge in [0, 0.05) is 25.6 Å². The number of hydrogen-bond acceptors (Lipinski definition) is 4. The summed E-state index contributed by atoms with van der Waals surface area (Å²) in [5.74, 6) is 0.599. The maximum absolute atomic E-state index is 12.7. The highest BCUT2D eigenvalue weighted by atomic mass is 16.5. The van der Waals surface area contributed by atoms with Crippen molar-refractivity contribution in [3.63, 3.8) is 0 Å². The summed E-state index contributed by atoms with van der Waals surface area (Å²) >= 11 is 0. The quantitative estimate of drug-likeness (QED) is 0.664. The molecule has 1 aromatic rings. The van der Waals surface area contributed by atoms with Gasteiger partial charge in [-0.1, -0.05) is 18.2 Å². The Labute approximate surface area is 146 Å². The van der Waals surface area contributed by atoms with Gasteiger partial charge in [0.25, 0.3) is 0 Å². The lowest BCUT2D eigenvalue weighted by atomic mass is 9.49. The van der Waals surface area contributed by atoms with Crippen LogP contribution in [-0.2, 0) is 16.6 Å². The molecule has 2 unspecified atom stereocenters. The van der Waals surface area contributed by atoms with E-state index < -0.39 is 17.1 Å². The summed E-state index contributed by atoms with van der Waals surface area (Å²) in [6.45, 7) is 12.8. The van der Waals surface area contributed by atoms with Gasteiger partial charge in [0.2, 0.25) is 5.69 Å². The highest BCUT2D eigenvalue weighted by Crippen LogP contribution is 2.64. The number of carbonyl (C=O) groups is 1. The van der Waals surface area contributed by atoms with Gasteiger partial charge in [-0.25, -0.2) is 4.85 Å². The summed E-state index contributed by atoms with van der Waals surface area (Å²) in [7, 11) is 0. The van der Waals surface area contributed by atoms with Crippen LogP contribution in [0.4, 0.5) is 5.69 Å². The van der Waals surface area contributed by atoms with Crippen LogP contribution in [0.2, 0.25) is 0 Å². The SMILES string of the molecule is [C-]#[N+]c1ccc2c3c1OC1C(=O)CCC4(O)[C@@H](C2)N(CC=C)CC[C@]314. The second kappa shape index (κ2) is 4.72. The normalized spacial score (nSPS) is 37.8. The molecule has 5 nitrogen and oxygen atoms in total. The Bertz CT molecular complexity index is 857. The van der Waals surface area contributed by atoms with Gasteiger partial charge in [0.1, 0.15) is 5.75 Å². The molecule has 4 aliphatic rings. The maximum Gasteiger partial charge on any atom is 0.228 e. The van der Waals surface area contributed by atoms with Crippen molar-refractivity contribution < 1.29 is 14.6 Å². The molecule has 1 N–H and O–H groups in total. The Kier molecular flexibility index (Phi) is 2.85. The van der Waals surface area contributed by atoms with E-state index in [0.717, 1.165) is 30.6 Å². The zero-order valence-corrected chi connectivity index (χ0v) is 14.0. The van der Waals surface area contributed by atoms with E-state index in [-0.39, 0.29) is 11.8 Å². The molecule has 2 bridgehead atoms. The molecular weight excluding hydrogens is 316 g/mol. The zero-order valence-electron chi connectivity index (χ0n) is 14.0.